The third kappa shape index (κ3) is 1.64. The van der Waals surface area contributed by atoms with E-state index in [1.807, 2.05) is 7.05 Å². The summed E-state index contributed by atoms with van der Waals surface area (Å²) in [5.74, 6) is 1.87. The Morgan fingerprint density at radius 1 is 1.75 bits per heavy atom. The van der Waals surface area contributed by atoms with Crippen LogP contribution in [0.1, 0.15) is 31.1 Å². The van der Waals surface area contributed by atoms with Gasteiger partial charge in [-0.3, -0.25) is 5.10 Å². The number of aromatic nitrogens is 3. The second-order valence-corrected chi connectivity index (χ2v) is 3.39. The van der Waals surface area contributed by atoms with Crippen LogP contribution in [0.5, 0.6) is 0 Å². The van der Waals surface area contributed by atoms with Crippen molar-refractivity contribution in [3.05, 3.63) is 12.2 Å². The Kier molecular flexibility index (Phi) is 2.08. The summed E-state index contributed by atoms with van der Waals surface area (Å²) < 4.78 is 0. The monoisotopic (exact) mass is 166 g/mol. The molecule has 2 rings (SSSR count). The Labute approximate surface area is 71.8 Å². The van der Waals surface area contributed by atoms with Crippen LogP contribution in [0.15, 0.2) is 6.33 Å². The topological polar surface area (TPSA) is 53.6 Å². The normalized spacial score (nSPS) is 19.4. The van der Waals surface area contributed by atoms with E-state index in [9.17, 15) is 0 Å². The first-order valence-corrected chi connectivity index (χ1v) is 4.42. The van der Waals surface area contributed by atoms with Gasteiger partial charge in [0, 0.05) is 0 Å². The quantitative estimate of drug-likeness (QED) is 0.697. The minimum absolute atomic E-state index is 0.361. The van der Waals surface area contributed by atoms with E-state index in [1.54, 1.807) is 6.33 Å². The standard InChI is InChI=1S/C8H14N4/c1-9-7(4-6-2-3-6)8-10-5-11-12-8/h5-7,9H,2-4H2,1H3,(H,10,11,12). The molecule has 0 aliphatic heterocycles. The van der Waals surface area contributed by atoms with E-state index in [0.29, 0.717) is 6.04 Å². The first-order chi connectivity index (χ1) is 5.90. The van der Waals surface area contributed by atoms with Crippen LogP contribution in [0.25, 0.3) is 0 Å². The van der Waals surface area contributed by atoms with Crippen LogP contribution in [0, 0.1) is 5.92 Å². The summed E-state index contributed by atoms with van der Waals surface area (Å²) in [6.07, 6.45) is 5.51. The molecule has 1 aliphatic rings. The number of hydrogen-bond donors (Lipinski definition) is 2. The van der Waals surface area contributed by atoms with Crippen molar-refractivity contribution < 1.29 is 0 Å². The molecule has 1 heterocycles. The Balaban J connectivity index is 1.97. The molecule has 0 radical (unpaired) electrons. The van der Waals surface area contributed by atoms with Crippen molar-refractivity contribution in [2.45, 2.75) is 25.3 Å². The lowest BCUT2D eigenvalue weighted by atomic mass is 10.1. The summed E-state index contributed by atoms with van der Waals surface area (Å²) in [5.41, 5.74) is 0. The second-order valence-electron chi connectivity index (χ2n) is 3.39. The summed E-state index contributed by atoms with van der Waals surface area (Å²) >= 11 is 0. The fourth-order valence-corrected chi connectivity index (χ4v) is 1.44. The van der Waals surface area contributed by atoms with Crippen molar-refractivity contribution in [3.8, 4) is 0 Å². The van der Waals surface area contributed by atoms with Crippen LogP contribution in [-0.4, -0.2) is 22.2 Å². The Bertz CT molecular complexity index is 227. The molecule has 0 saturated heterocycles. The van der Waals surface area contributed by atoms with Gasteiger partial charge in [0.2, 0.25) is 0 Å². The van der Waals surface area contributed by atoms with E-state index >= 15 is 0 Å². The average Bonchev–Trinajstić information content (AvgIpc) is 2.74. The molecule has 66 valence electrons. The first-order valence-electron chi connectivity index (χ1n) is 4.42. The summed E-state index contributed by atoms with van der Waals surface area (Å²) in [7, 11) is 1.97. The lowest BCUT2D eigenvalue weighted by Gasteiger charge is -2.11. The number of nitrogens with zero attached hydrogens (tertiary/aromatic N) is 2. The third-order valence-corrected chi connectivity index (χ3v) is 2.38. The Morgan fingerprint density at radius 3 is 3.08 bits per heavy atom. The van der Waals surface area contributed by atoms with Crippen molar-refractivity contribution in [2.24, 2.45) is 5.92 Å². The van der Waals surface area contributed by atoms with Crippen LogP contribution >= 0.6 is 0 Å². The number of nitrogens with one attached hydrogen (secondary N) is 2. The van der Waals surface area contributed by atoms with Gasteiger partial charge < -0.3 is 5.32 Å². The van der Waals surface area contributed by atoms with Gasteiger partial charge in [-0.15, -0.1) is 0 Å². The molecule has 0 amide bonds. The Morgan fingerprint density at radius 2 is 2.58 bits per heavy atom. The fourth-order valence-electron chi connectivity index (χ4n) is 1.44. The molecule has 12 heavy (non-hydrogen) atoms. The van der Waals surface area contributed by atoms with Crippen molar-refractivity contribution >= 4 is 0 Å². The van der Waals surface area contributed by atoms with E-state index in [2.05, 4.69) is 20.5 Å². The Hall–Kier alpha value is -0.900. The van der Waals surface area contributed by atoms with Crippen LogP contribution in [0.3, 0.4) is 0 Å². The maximum Gasteiger partial charge on any atom is 0.141 e. The number of hydrogen-bond acceptors (Lipinski definition) is 3. The third-order valence-electron chi connectivity index (χ3n) is 2.38. The highest BCUT2D eigenvalue weighted by atomic mass is 15.2. The van der Waals surface area contributed by atoms with Crippen molar-refractivity contribution in [1.29, 1.82) is 0 Å². The smallest absolute Gasteiger partial charge is 0.141 e. The summed E-state index contributed by atoms with van der Waals surface area (Å²) in [4.78, 5) is 4.14. The van der Waals surface area contributed by atoms with Gasteiger partial charge in [-0.1, -0.05) is 12.8 Å². The minimum Gasteiger partial charge on any atom is -0.310 e. The highest BCUT2D eigenvalue weighted by molar-refractivity contribution is 4.93. The van der Waals surface area contributed by atoms with Crippen molar-refractivity contribution in [2.75, 3.05) is 7.05 Å². The maximum absolute atomic E-state index is 4.14. The average molecular weight is 166 g/mol. The molecule has 1 atom stereocenters. The molecule has 0 bridgehead atoms. The predicted octanol–water partition coefficient (Wildman–Crippen LogP) is 0.865. The number of H-pyrrole nitrogens is 1. The zero-order chi connectivity index (χ0) is 8.39. The lowest BCUT2D eigenvalue weighted by Crippen LogP contribution is -2.18. The van der Waals surface area contributed by atoms with Gasteiger partial charge in [-0.05, 0) is 19.4 Å². The molecule has 1 aromatic rings. The minimum atomic E-state index is 0.361. The van der Waals surface area contributed by atoms with Gasteiger partial charge in [0.1, 0.15) is 12.2 Å². The van der Waals surface area contributed by atoms with Crippen LogP contribution in [-0.2, 0) is 0 Å². The van der Waals surface area contributed by atoms with E-state index < -0.39 is 0 Å². The molecule has 1 fully saturated rings. The fraction of sp³-hybridized carbons (Fsp3) is 0.750. The SMILES string of the molecule is CNC(CC1CC1)c1ncn[nH]1. The maximum atomic E-state index is 4.14. The molecular weight excluding hydrogens is 152 g/mol. The van der Waals surface area contributed by atoms with Gasteiger partial charge in [0.15, 0.2) is 0 Å². The highest BCUT2D eigenvalue weighted by Crippen LogP contribution is 2.36. The zero-order valence-corrected chi connectivity index (χ0v) is 7.25. The van der Waals surface area contributed by atoms with Gasteiger partial charge in [-0.25, -0.2) is 4.98 Å². The molecule has 2 N–H and O–H groups in total. The molecule has 0 aromatic carbocycles. The van der Waals surface area contributed by atoms with Crippen molar-refractivity contribution in [3.63, 3.8) is 0 Å². The first kappa shape index (κ1) is 7.73. The zero-order valence-electron chi connectivity index (χ0n) is 7.25. The molecule has 1 unspecified atom stereocenters. The molecule has 1 saturated carbocycles. The van der Waals surface area contributed by atoms with Gasteiger partial charge in [0.05, 0.1) is 6.04 Å². The van der Waals surface area contributed by atoms with E-state index in [1.165, 1.54) is 19.3 Å². The summed E-state index contributed by atoms with van der Waals surface area (Å²) in [5, 5.41) is 9.98. The van der Waals surface area contributed by atoms with Crippen molar-refractivity contribution in [1.82, 2.24) is 20.5 Å². The lowest BCUT2D eigenvalue weighted by molar-refractivity contribution is 0.491. The molecule has 4 nitrogen and oxygen atoms in total. The van der Waals surface area contributed by atoms with Gasteiger partial charge >= 0.3 is 0 Å². The van der Waals surface area contributed by atoms with E-state index in [4.69, 9.17) is 0 Å². The molecule has 0 spiro atoms. The predicted molar refractivity (Wildman–Crippen MR) is 45.5 cm³/mol. The van der Waals surface area contributed by atoms with Gasteiger partial charge in [-0.2, -0.15) is 5.10 Å². The molecule has 1 aliphatic carbocycles. The second kappa shape index (κ2) is 3.23. The number of aromatic amines is 1. The van der Waals surface area contributed by atoms with E-state index in [0.717, 1.165) is 11.7 Å². The molecule has 4 heteroatoms. The van der Waals surface area contributed by atoms with Crippen LogP contribution in [0.4, 0.5) is 0 Å². The number of rotatable bonds is 4. The molecular formula is C8H14N4. The summed E-state index contributed by atoms with van der Waals surface area (Å²) in [6.45, 7) is 0. The highest BCUT2D eigenvalue weighted by Gasteiger charge is 2.26. The van der Waals surface area contributed by atoms with E-state index in [-0.39, 0.29) is 0 Å². The molecule has 1 aromatic heterocycles. The van der Waals surface area contributed by atoms with Crippen LogP contribution in [0.2, 0.25) is 0 Å². The summed E-state index contributed by atoms with van der Waals surface area (Å²) in [6, 6.07) is 0.361. The largest absolute Gasteiger partial charge is 0.310 e. The van der Waals surface area contributed by atoms with Gasteiger partial charge in [0.25, 0.3) is 0 Å². The van der Waals surface area contributed by atoms with Crippen LogP contribution < -0.4 is 5.32 Å².